The molecule has 1 heterocycles. The van der Waals surface area contributed by atoms with Crippen molar-refractivity contribution in [1.82, 2.24) is 14.9 Å². The standard InChI is InChI=1S/C28H31N3O4S/c1-4-27(32)30-24-16-19(2)31(20(3)17-24)36(34,35)25-14-12-22(13-15-25)28(33)29-18-23-10-7-9-21-8-5-6-11-26(21)23/h4-15,19-20,24H,1,16-18H2,2-3H3,(H,29,33)(H,30,32). The number of carbonyl (C=O) groups is 2. The highest BCUT2D eigenvalue weighted by Gasteiger charge is 2.39. The lowest BCUT2D eigenvalue weighted by molar-refractivity contribution is -0.117. The Morgan fingerprint density at radius 1 is 0.972 bits per heavy atom. The number of nitrogens with one attached hydrogen (secondary N) is 2. The molecule has 0 saturated carbocycles. The molecule has 3 aromatic rings. The molecule has 1 aliphatic heterocycles. The van der Waals surface area contributed by atoms with Crippen molar-refractivity contribution in [3.8, 4) is 0 Å². The zero-order valence-corrected chi connectivity index (χ0v) is 21.3. The van der Waals surface area contributed by atoms with E-state index in [4.69, 9.17) is 0 Å². The van der Waals surface area contributed by atoms with Gasteiger partial charge in [-0.15, -0.1) is 0 Å². The van der Waals surface area contributed by atoms with Gasteiger partial charge in [0.05, 0.1) is 4.90 Å². The summed E-state index contributed by atoms with van der Waals surface area (Å²) in [6.45, 7) is 7.52. The molecule has 3 aromatic carbocycles. The van der Waals surface area contributed by atoms with Gasteiger partial charge in [-0.1, -0.05) is 49.0 Å². The van der Waals surface area contributed by atoms with Crippen LogP contribution in [-0.4, -0.2) is 42.7 Å². The Balaban J connectivity index is 1.44. The van der Waals surface area contributed by atoms with E-state index >= 15 is 0 Å². The number of sulfonamides is 1. The molecule has 1 aliphatic rings. The van der Waals surface area contributed by atoms with E-state index in [-0.39, 0.29) is 34.8 Å². The first-order valence-electron chi connectivity index (χ1n) is 12.0. The molecule has 2 amide bonds. The van der Waals surface area contributed by atoms with E-state index in [2.05, 4.69) is 17.2 Å². The van der Waals surface area contributed by atoms with E-state index in [1.807, 2.05) is 56.3 Å². The second-order valence-electron chi connectivity index (χ2n) is 9.26. The van der Waals surface area contributed by atoms with E-state index in [9.17, 15) is 18.0 Å². The summed E-state index contributed by atoms with van der Waals surface area (Å²) in [4.78, 5) is 24.6. The molecule has 0 bridgehead atoms. The molecule has 0 radical (unpaired) electrons. The molecule has 188 valence electrons. The van der Waals surface area contributed by atoms with Crippen molar-refractivity contribution in [3.05, 3.63) is 90.5 Å². The molecule has 36 heavy (non-hydrogen) atoms. The fourth-order valence-electron chi connectivity index (χ4n) is 5.04. The molecular formula is C28H31N3O4S. The third-order valence-electron chi connectivity index (χ3n) is 6.66. The summed E-state index contributed by atoms with van der Waals surface area (Å²) >= 11 is 0. The highest BCUT2D eigenvalue weighted by atomic mass is 32.2. The predicted molar refractivity (Wildman–Crippen MR) is 141 cm³/mol. The molecule has 7 nitrogen and oxygen atoms in total. The molecule has 0 aromatic heterocycles. The number of benzene rings is 3. The number of rotatable bonds is 7. The number of amides is 2. The van der Waals surface area contributed by atoms with Crippen LogP contribution in [0.2, 0.25) is 0 Å². The van der Waals surface area contributed by atoms with Gasteiger partial charge in [0.1, 0.15) is 0 Å². The van der Waals surface area contributed by atoms with Crippen LogP contribution in [0.15, 0.2) is 84.3 Å². The minimum absolute atomic E-state index is 0.111. The van der Waals surface area contributed by atoms with Gasteiger partial charge in [0.2, 0.25) is 15.9 Å². The van der Waals surface area contributed by atoms with Gasteiger partial charge in [0.25, 0.3) is 5.91 Å². The second kappa shape index (κ2) is 10.6. The van der Waals surface area contributed by atoms with Gasteiger partial charge < -0.3 is 10.6 Å². The average molecular weight is 506 g/mol. The van der Waals surface area contributed by atoms with E-state index in [1.165, 1.54) is 34.6 Å². The molecule has 4 rings (SSSR count). The average Bonchev–Trinajstić information content (AvgIpc) is 2.86. The molecule has 0 spiro atoms. The maximum absolute atomic E-state index is 13.4. The van der Waals surface area contributed by atoms with Gasteiger partial charge in [-0.05, 0) is 73.4 Å². The molecule has 2 N–H and O–H groups in total. The third kappa shape index (κ3) is 5.34. The number of hydrogen-bond donors (Lipinski definition) is 2. The van der Waals surface area contributed by atoms with Gasteiger partial charge in [-0.2, -0.15) is 4.31 Å². The van der Waals surface area contributed by atoms with Gasteiger partial charge in [-0.25, -0.2) is 8.42 Å². The van der Waals surface area contributed by atoms with Crippen LogP contribution in [0.1, 0.15) is 42.6 Å². The third-order valence-corrected chi connectivity index (χ3v) is 8.81. The van der Waals surface area contributed by atoms with Crippen molar-refractivity contribution in [3.63, 3.8) is 0 Å². The molecule has 8 heteroatoms. The predicted octanol–water partition coefficient (Wildman–Crippen LogP) is 4.00. The van der Waals surface area contributed by atoms with Crippen LogP contribution in [0.3, 0.4) is 0 Å². The van der Waals surface area contributed by atoms with Crippen LogP contribution >= 0.6 is 0 Å². The van der Waals surface area contributed by atoms with E-state index in [1.54, 1.807) is 0 Å². The molecule has 1 saturated heterocycles. The summed E-state index contributed by atoms with van der Waals surface area (Å²) < 4.78 is 28.4. The zero-order valence-electron chi connectivity index (χ0n) is 20.5. The van der Waals surface area contributed by atoms with Crippen LogP contribution in [0.4, 0.5) is 0 Å². The Bertz CT molecular complexity index is 1370. The van der Waals surface area contributed by atoms with Crippen molar-refractivity contribution in [1.29, 1.82) is 0 Å². The van der Waals surface area contributed by atoms with Crippen LogP contribution in [-0.2, 0) is 21.4 Å². The number of fused-ring (bicyclic) bond motifs is 1. The second-order valence-corrected chi connectivity index (χ2v) is 11.1. The number of hydrogen-bond acceptors (Lipinski definition) is 4. The van der Waals surface area contributed by atoms with Crippen molar-refractivity contribution >= 4 is 32.6 Å². The normalized spacial score (nSPS) is 20.6. The number of nitrogens with zero attached hydrogens (tertiary/aromatic N) is 1. The van der Waals surface area contributed by atoms with Gasteiger partial charge in [0, 0.05) is 30.2 Å². The zero-order chi connectivity index (χ0) is 25.9. The summed E-state index contributed by atoms with van der Waals surface area (Å²) in [5, 5.41) is 7.99. The lowest BCUT2D eigenvalue weighted by Crippen LogP contribution is -2.54. The minimum Gasteiger partial charge on any atom is -0.350 e. The quantitative estimate of drug-likeness (QED) is 0.475. The van der Waals surface area contributed by atoms with Crippen LogP contribution < -0.4 is 10.6 Å². The Morgan fingerprint density at radius 2 is 1.61 bits per heavy atom. The highest BCUT2D eigenvalue weighted by molar-refractivity contribution is 7.89. The smallest absolute Gasteiger partial charge is 0.251 e. The van der Waals surface area contributed by atoms with Crippen LogP contribution in [0, 0.1) is 0 Å². The first kappa shape index (κ1) is 25.6. The maximum atomic E-state index is 13.4. The van der Waals surface area contributed by atoms with Crippen LogP contribution in [0.5, 0.6) is 0 Å². The van der Waals surface area contributed by atoms with E-state index in [0.717, 1.165) is 16.3 Å². The fraction of sp³-hybridized carbons (Fsp3) is 0.286. The van der Waals surface area contributed by atoms with E-state index in [0.29, 0.717) is 24.9 Å². The van der Waals surface area contributed by atoms with Gasteiger partial charge >= 0.3 is 0 Å². The topological polar surface area (TPSA) is 95.6 Å². The summed E-state index contributed by atoms with van der Waals surface area (Å²) in [5.74, 6) is -0.530. The highest BCUT2D eigenvalue weighted by Crippen LogP contribution is 2.30. The Hall–Kier alpha value is -3.49. The molecule has 2 unspecified atom stereocenters. The Labute approximate surface area is 212 Å². The van der Waals surface area contributed by atoms with Crippen LogP contribution in [0.25, 0.3) is 10.8 Å². The lowest BCUT2D eigenvalue weighted by atomic mass is 9.95. The molecule has 2 atom stereocenters. The molecular weight excluding hydrogens is 474 g/mol. The largest absolute Gasteiger partial charge is 0.350 e. The number of carbonyl (C=O) groups excluding carboxylic acids is 2. The Kier molecular flexibility index (Phi) is 7.56. The summed E-state index contributed by atoms with van der Waals surface area (Å²) in [7, 11) is -3.77. The van der Waals surface area contributed by atoms with Gasteiger partial charge in [0.15, 0.2) is 0 Å². The molecule has 0 aliphatic carbocycles. The van der Waals surface area contributed by atoms with Gasteiger partial charge in [-0.3, -0.25) is 9.59 Å². The lowest BCUT2D eigenvalue weighted by Gasteiger charge is -2.41. The summed E-state index contributed by atoms with van der Waals surface area (Å²) in [5.41, 5.74) is 1.40. The van der Waals surface area contributed by atoms with Crippen molar-refractivity contribution < 1.29 is 18.0 Å². The summed E-state index contributed by atoms with van der Waals surface area (Å²) in [6, 6.07) is 19.3. The summed E-state index contributed by atoms with van der Waals surface area (Å²) in [6.07, 6.45) is 2.24. The number of piperidine rings is 1. The monoisotopic (exact) mass is 505 g/mol. The molecule has 1 fully saturated rings. The fourth-order valence-corrected chi connectivity index (χ4v) is 6.88. The Morgan fingerprint density at radius 3 is 2.28 bits per heavy atom. The van der Waals surface area contributed by atoms with Crippen molar-refractivity contribution in [2.45, 2.75) is 56.3 Å². The first-order chi connectivity index (χ1) is 17.2. The minimum atomic E-state index is -3.77. The van der Waals surface area contributed by atoms with E-state index < -0.39 is 10.0 Å². The SMILES string of the molecule is C=CC(=O)NC1CC(C)N(S(=O)(=O)c2ccc(C(=O)NCc3cccc4ccccc34)cc2)C(C)C1. The first-order valence-corrected chi connectivity index (χ1v) is 13.5. The van der Waals surface area contributed by atoms with Crippen molar-refractivity contribution in [2.75, 3.05) is 0 Å². The maximum Gasteiger partial charge on any atom is 0.251 e. The van der Waals surface area contributed by atoms with Crippen molar-refractivity contribution in [2.24, 2.45) is 0 Å².